The van der Waals surface area contributed by atoms with Crippen LogP contribution >= 0.6 is 34.0 Å². The number of halogens is 6. The lowest BCUT2D eigenvalue weighted by atomic mass is 10.2. The molecule has 0 spiro atoms. The Kier molecular flexibility index (Phi) is 2.68. The molecule has 19 heavy (non-hydrogen) atoms. The van der Waals surface area contributed by atoms with Crippen LogP contribution in [0.1, 0.15) is 9.75 Å². The molecular formula is C10H2F6S3. The molecule has 0 aromatic carbocycles. The first-order valence-electron chi connectivity index (χ1n) is 4.76. The molecule has 3 aromatic heterocycles. The number of hydrogen-bond acceptors (Lipinski definition) is 3. The second kappa shape index (κ2) is 3.86. The summed E-state index contributed by atoms with van der Waals surface area (Å²) in [5.41, 5.74) is 0. The van der Waals surface area contributed by atoms with Crippen molar-refractivity contribution in [2.24, 2.45) is 0 Å². The summed E-state index contributed by atoms with van der Waals surface area (Å²) < 4.78 is 77.5. The van der Waals surface area contributed by atoms with Gasteiger partial charge in [0.15, 0.2) is 0 Å². The highest BCUT2D eigenvalue weighted by Crippen LogP contribution is 2.53. The van der Waals surface area contributed by atoms with Gasteiger partial charge >= 0.3 is 12.4 Å². The van der Waals surface area contributed by atoms with Crippen LogP contribution in [0.4, 0.5) is 26.3 Å². The van der Waals surface area contributed by atoms with E-state index in [1.807, 2.05) is 0 Å². The maximum Gasteiger partial charge on any atom is 0.427 e. The summed E-state index contributed by atoms with van der Waals surface area (Å²) in [5.74, 6) is 0. The summed E-state index contributed by atoms with van der Waals surface area (Å²) in [4.78, 5) is -2.33. The minimum atomic E-state index is -4.77. The third-order valence-corrected chi connectivity index (χ3v) is 6.09. The fraction of sp³-hybridized carbons (Fsp3) is 0.200. The molecule has 3 aromatic rings. The first kappa shape index (κ1) is 13.2. The first-order valence-corrected chi connectivity index (χ1v) is 7.27. The molecule has 0 radical (unpaired) electrons. The van der Waals surface area contributed by atoms with Crippen molar-refractivity contribution in [3.8, 4) is 0 Å². The Balaban J connectivity index is 2.48. The fourth-order valence-electron chi connectivity index (χ4n) is 1.78. The van der Waals surface area contributed by atoms with Crippen LogP contribution in [-0.4, -0.2) is 0 Å². The Hall–Kier alpha value is -0.800. The molecule has 0 fully saturated rings. The van der Waals surface area contributed by atoms with Crippen LogP contribution in [0.5, 0.6) is 0 Å². The van der Waals surface area contributed by atoms with Gasteiger partial charge in [0.2, 0.25) is 0 Å². The second-order valence-corrected chi connectivity index (χ2v) is 6.66. The van der Waals surface area contributed by atoms with E-state index in [9.17, 15) is 26.3 Å². The van der Waals surface area contributed by atoms with Gasteiger partial charge in [-0.3, -0.25) is 0 Å². The molecule has 0 saturated heterocycles. The van der Waals surface area contributed by atoms with Crippen molar-refractivity contribution < 1.29 is 26.3 Å². The maximum atomic E-state index is 12.9. The second-order valence-electron chi connectivity index (χ2n) is 3.68. The third-order valence-electron chi connectivity index (χ3n) is 2.45. The Labute approximate surface area is 113 Å². The van der Waals surface area contributed by atoms with Crippen molar-refractivity contribution in [3.63, 3.8) is 0 Å². The number of hydrogen-bond donors (Lipinski definition) is 0. The largest absolute Gasteiger partial charge is 0.427 e. The van der Waals surface area contributed by atoms with Crippen molar-refractivity contribution in [3.05, 3.63) is 21.2 Å². The smallest absolute Gasteiger partial charge is 0.165 e. The van der Waals surface area contributed by atoms with Gasteiger partial charge in [-0.05, 0) is 11.4 Å². The van der Waals surface area contributed by atoms with Crippen LogP contribution in [0, 0.1) is 0 Å². The monoisotopic (exact) mass is 332 g/mol. The van der Waals surface area contributed by atoms with E-state index in [2.05, 4.69) is 0 Å². The number of thiophene rings is 3. The van der Waals surface area contributed by atoms with E-state index in [1.165, 1.54) is 6.07 Å². The summed E-state index contributed by atoms with van der Waals surface area (Å²) in [6.07, 6.45) is -9.54. The van der Waals surface area contributed by atoms with Gasteiger partial charge in [0, 0.05) is 10.1 Å². The highest BCUT2D eigenvalue weighted by atomic mass is 32.1. The summed E-state index contributed by atoms with van der Waals surface area (Å²) >= 11 is 1.57. The molecule has 0 amide bonds. The van der Waals surface area contributed by atoms with Crippen LogP contribution in [0.15, 0.2) is 11.4 Å². The molecule has 3 rings (SSSR count). The summed E-state index contributed by atoms with van der Waals surface area (Å²) in [7, 11) is 0. The lowest BCUT2D eigenvalue weighted by Crippen LogP contribution is -2.03. The highest BCUT2D eigenvalue weighted by molar-refractivity contribution is 7.34. The van der Waals surface area contributed by atoms with Crippen molar-refractivity contribution in [2.45, 2.75) is 12.4 Å². The van der Waals surface area contributed by atoms with Crippen LogP contribution in [0.25, 0.3) is 19.5 Å². The molecule has 3 heterocycles. The maximum absolute atomic E-state index is 12.9. The predicted octanol–water partition coefficient (Wildman–Crippen LogP) is 6.22. The van der Waals surface area contributed by atoms with E-state index in [1.54, 1.807) is 5.38 Å². The van der Waals surface area contributed by atoms with E-state index in [0.717, 1.165) is 22.7 Å². The molecular weight excluding hydrogens is 330 g/mol. The van der Waals surface area contributed by atoms with Gasteiger partial charge in [0.1, 0.15) is 9.75 Å². The molecule has 0 aliphatic rings. The van der Waals surface area contributed by atoms with Crippen LogP contribution in [0.2, 0.25) is 0 Å². The van der Waals surface area contributed by atoms with E-state index >= 15 is 0 Å². The number of rotatable bonds is 0. The predicted molar refractivity (Wildman–Crippen MR) is 65.1 cm³/mol. The standard InChI is InChI=1S/C10H2F6S3/c11-9(12,13)7-4-5-3(1-2-17-5)18-6(4)8(19-7)10(14,15)16/h1-2H. The van der Waals surface area contributed by atoms with Crippen LogP contribution in [-0.2, 0) is 12.4 Å². The zero-order chi connectivity index (χ0) is 14.0. The Morgan fingerprint density at radius 2 is 1.42 bits per heavy atom. The third kappa shape index (κ3) is 1.95. The lowest BCUT2D eigenvalue weighted by Gasteiger charge is -2.03. The average molecular weight is 332 g/mol. The molecule has 9 heteroatoms. The quantitative estimate of drug-likeness (QED) is 0.429. The summed E-state index contributed by atoms with van der Waals surface area (Å²) in [6, 6.07) is 1.54. The fourth-order valence-corrected chi connectivity index (χ4v) is 5.42. The molecule has 102 valence electrons. The van der Waals surface area contributed by atoms with Gasteiger partial charge in [0.05, 0.1) is 9.40 Å². The minimum absolute atomic E-state index is 0.221. The molecule has 0 aliphatic carbocycles. The first-order chi connectivity index (χ1) is 8.69. The SMILES string of the molecule is FC(F)(F)c1sc(C(F)(F)F)c2c1sc1ccsc12. The van der Waals surface area contributed by atoms with Gasteiger partial charge in [-0.15, -0.1) is 34.0 Å². The zero-order valence-electron chi connectivity index (χ0n) is 8.65. The molecule has 0 nitrogen and oxygen atoms in total. The van der Waals surface area contributed by atoms with Crippen molar-refractivity contribution >= 4 is 53.5 Å². The summed E-state index contributed by atoms with van der Waals surface area (Å²) in [5, 5.41) is 1.27. The van der Waals surface area contributed by atoms with Crippen molar-refractivity contribution in [1.29, 1.82) is 0 Å². The average Bonchev–Trinajstić information content (AvgIpc) is 2.80. The number of fused-ring (bicyclic) bond motifs is 3. The van der Waals surface area contributed by atoms with E-state index in [4.69, 9.17) is 0 Å². The molecule has 0 bridgehead atoms. The van der Waals surface area contributed by atoms with Crippen LogP contribution < -0.4 is 0 Å². The van der Waals surface area contributed by atoms with Crippen molar-refractivity contribution in [2.75, 3.05) is 0 Å². The lowest BCUT2D eigenvalue weighted by molar-refractivity contribution is -0.134. The zero-order valence-corrected chi connectivity index (χ0v) is 11.1. The van der Waals surface area contributed by atoms with Gasteiger partial charge in [0.25, 0.3) is 0 Å². The Bertz CT molecular complexity index is 754. The summed E-state index contributed by atoms with van der Waals surface area (Å²) in [6.45, 7) is 0. The molecule has 0 N–H and O–H groups in total. The topological polar surface area (TPSA) is 0 Å². The molecule has 0 saturated carbocycles. The van der Waals surface area contributed by atoms with Crippen molar-refractivity contribution in [1.82, 2.24) is 0 Å². The van der Waals surface area contributed by atoms with Crippen LogP contribution in [0.3, 0.4) is 0 Å². The van der Waals surface area contributed by atoms with E-state index in [-0.39, 0.29) is 26.1 Å². The van der Waals surface area contributed by atoms with Gasteiger partial charge in [-0.25, -0.2) is 0 Å². The normalized spacial score (nSPS) is 13.8. The molecule has 0 unspecified atom stereocenters. The molecule has 0 aliphatic heterocycles. The Morgan fingerprint density at radius 1 is 0.789 bits per heavy atom. The van der Waals surface area contributed by atoms with Gasteiger partial charge < -0.3 is 0 Å². The van der Waals surface area contributed by atoms with E-state index in [0.29, 0.717) is 4.70 Å². The van der Waals surface area contributed by atoms with Gasteiger partial charge in [-0.1, -0.05) is 0 Å². The van der Waals surface area contributed by atoms with E-state index < -0.39 is 22.1 Å². The van der Waals surface area contributed by atoms with Gasteiger partial charge in [-0.2, -0.15) is 26.3 Å². The number of alkyl halides is 6. The minimum Gasteiger partial charge on any atom is -0.165 e. The highest BCUT2D eigenvalue weighted by Gasteiger charge is 2.43. The Morgan fingerprint density at radius 3 is 2.00 bits per heavy atom. The molecule has 0 atom stereocenters.